The Balaban J connectivity index is 2.36. The van der Waals surface area contributed by atoms with Gasteiger partial charge in [0.15, 0.2) is 0 Å². The fraction of sp³-hybridized carbons (Fsp3) is 0.294. The van der Waals surface area contributed by atoms with Gasteiger partial charge in [-0.15, -0.1) is 0 Å². The Labute approximate surface area is 113 Å². The average molecular weight is 258 g/mol. The SMILES string of the molecule is CCC(O)(Cc1ccccc1)c1cc(C)cc(F)c1. The van der Waals surface area contributed by atoms with Gasteiger partial charge in [-0.05, 0) is 42.2 Å². The van der Waals surface area contributed by atoms with Crippen LogP contribution in [0.5, 0.6) is 0 Å². The summed E-state index contributed by atoms with van der Waals surface area (Å²) in [6.45, 7) is 3.76. The molecule has 0 aliphatic heterocycles. The number of hydrogen-bond donors (Lipinski definition) is 1. The van der Waals surface area contributed by atoms with E-state index in [1.54, 1.807) is 0 Å². The van der Waals surface area contributed by atoms with Crippen LogP contribution in [-0.2, 0) is 12.0 Å². The van der Waals surface area contributed by atoms with Crippen LogP contribution in [0, 0.1) is 12.7 Å². The van der Waals surface area contributed by atoms with Crippen molar-refractivity contribution >= 4 is 0 Å². The molecule has 0 aliphatic carbocycles. The van der Waals surface area contributed by atoms with Crippen LogP contribution < -0.4 is 0 Å². The van der Waals surface area contributed by atoms with E-state index in [-0.39, 0.29) is 5.82 Å². The molecule has 1 atom stereocenters. The molecular weight excluding hydrogens is 239 g/mol. The summed E-state index contributed by atoms with van der Waals surface area (Å²) in [6.07, 6.45) is 1.04. The number of hydrogen-bond acceptors (Lipinski definition) is 1. The van der Waals surface area contributed by atoms with Crippen molar-refractivity contribution in [1.29, 1.82) is 0 Å². The van der Waals surface area contributed by atoms with Gasteiger partial charge in [-0.3, -0.25) is 0 Å². The molecule has 0 spiro atoms. The highest BCUT2D eigenvalue weighted by Crippen LogP contribution is 2.30. The fourth-order valence-corrected chi connectivity index (χ4v) is 2.37. The lowest BCUT2D eigenvalue weighted by Crippen LogP contribution is -2.28. The second-order valence-electron chi connectivity index (χ2n) is 5.06. The van der Waals surface area contributed by atoms with Gasteiger partial charge in [0.05, 0.1) is 5.60 Å². The predicted molar refractivity (Wildman–Crippen MR) is 75.5 cm³/mol. The molecular formula is C17H19FO. The molecule has 0 saturated heterocycles. The molecule has 0 fully saturated rings. The molecule has 1 unspecified atom stereocenters. The Morgan fingerprint density at radius 2 is 1.79 bits per heavy atom. The minimum atomic E-state index is -1.02. The first-order valence-electron chi connectivity index (χ1n) is 6.57. The first-order valence-corrected chi connectivity index (χ1v) is 6.57. The monoisotopic (exact) mass is 258 g/mol. The van der Waals surface area contributed by atoms with Gasteiger partial charge in [0.25, 0.3) is 0 Å². The topological polar surface area (TPSA) is 20.2 Å². The van der Waals surface area contributed by atoms with Crippen LogP contribution in [0.1, 0.15) is 30.0 Å². The number of aryl methyl sites for hydroxylation is 1. The molecule has 2 aromatic rings. The Kier molecular flexibility index (Phi) is 4.01. The van der Waals surface area contributed by atoms with Crippen LogP contribution >= 0.6 is 0 Å². The van der Waals surface area contributed by atoms with Crippen molar-refractivity contribution in [3.63, 3.8) is 0 Å². The molecule has 0 bridgehead atoms. The van der Waals surface area contributed by atoms with Gasteiger partial charge >= 0.3 is 0 Å². The second-order valence-corrected chi connectivity index (χ2v) is 5.06. The van der Waals surface area contributed by atoms with Crippen LogP contribution in [-0.4, -0.2) is 5.11 Å². The van der Waals surface area contributed by atoms with E-state index in [0.717, 1.165) is 11.1 Å². The van der Waals surface area contributed by atoms with Crippen LogP contribution in [0.25, 0.3) is 0 Å². The summed E-state index contributed by atoms with van der Waals surface area (Å²) in [4.78, 5) is 0. The second kappa shape index (κ2) is 5.54. The largest absolute Gasteiger partial charge is 0.385 e. The maximum absolute atomic E-state index is 13.5. The van der Waals surface area contributed by atoms with E-state index >= 15 is 0 Å². The van der Waals surface area contributed by atoms with Crippen molar-refractivity contribution < 1.29 is 9.50 Å². The Morgan fingerprint density at radius 3 is 2.37 bits per heavy atom. The quantitative estimate of drug-likeness (QED) is 0.879. The fourth-order valence-electron chi connectivity index (χ4n) is 2.37. The minimum absolute atomic E-state index is 0.296. The third kappa shape index (κ3) is 3.21. The van der Waals surface area contributed by atoms with Crippen molar-refractivity contribution in [2.24, 2.45) is 0 Å². The summed E-state index contributed by atoms with van der Waals surface area (Å²) < 4.78 is 13.5. The molecule has 19 heavy (non-hydrogen) atoms. The first-order chi connectivity index (χ1) is 9.03. The van der Waals surface area contributed by atoms with E-state index in [4.69, 9.17) is 0 Å². The number of benzene rings is 2. The van der Waals surface area contributed by atoms with E-state index < -0.39 is 5.60 Å². The van der Waals surface area contributed by atoms with Crippen LogP contribution in [0.2, 0.25) is 0 Å². The van der Waals surface area contributed by atoms with Crippen molar-refractivity contribution in [2.45, 2.75) is 32.3 Å². The van der Waals surface area contributed by atoms with Gasteiger partial charge in [0.2, 0.25) is 0 Å². The van der Waals surface area contributed by atoms with Crippen LogP contribution in [0.3, 0.4) is 0 Å². The Morgan fingerprint density at radius 1 is 1.11 bits per heavy atom. The third-order valence-electron chi connectivity index (χ3n) is 3.50. The number of halogens is 1. The van der Waals surface area contributed by atoms with Crippen LogP contribution in [0.15, 0.2) is 48.5 Å². The molecule has 0 aliphatic rings. The van der Waals surface area contributed by atoms with Gasteiger partial charge in [0, 0.05) is 6.42 Å². The molecule has 2 rings (SSSR count). The summed E-state index contributed by atoms with van der Waals surface area (Å²) >= 11 is 0. The highest BCUT2D eigenvalue weighted by atomic mass is 19.1. The lowest BCUT2D eigenvalue weighted by Gasteiger charge is -2.28. The zero-order chi connectivity index (χ0) is 13.9. The van der Waals surface area contributed by atoms with Gasteiger partial charge in [-0.25, -0.2) is 4.39 Å². The molecule has 2 aromatic carbocycles. The van der Waals surface area contributed by atoms with Gasteiger partial charge in [-0.1, -0.05) is 43.3 Å². The molecule has 0 radical (unpaired) electrons. The maximum atomic E-state index is 13.5. The lowest BCUT2D eigenvalue weighted by atomic mass is 9.84. The van der Waals surface area contributed by atoms with Gasteiger partial charge < -0.3 is 5.11 Å². The number of rotatable bonds is 4. The van der Waals surface area contributed by atoms with Crippen molar-refractivity contribution in [3.05, 3.63) is 71.0 Å². The average Bonchev–Trinajstić information content (AvgIpc) is 2.38. The standard InChI is InChI=1S/C17H19FO/c1-3-17(19,12-14-7-5-4-6-8-14)15-9-13(2)10-16(18)11-15/h4-11,19H,3,12H2,1-2H3. The van der Waals surface area contributed by atoms with E-state index in [9.17, 15) is 9.50 Å². The zero-order valence-electron chi connectivity index (χ0n) is 11.4. The molecule has 1 nitrogen and oxygen atoms in total. The third-order valence-corrected chi connectivity index (χ3v) is 3.50. The first kappa shape index (κ1) is 13.8. The van der Waals surface area contributed by atoms with Crippen molar-refractivity contribution in [3.8, 4) is 0 Å². The summed E-state index contributed by atoms with van der Waals surface area (Å²) in [5, 5.41) is 10.8. The highest BCUT2D eigenvalue weighted by Gasteiger charge is 2.28. The smallest absolute Gasteiger partial charge is 0.123 e. The van der Waals surface area contributed by atoms with E-state index in [2.05, 4.69) is 0 Å². The predicted octanol–water partition coefficient (Wildman–Crippen LogP) is 3.97. The van der Waals surface area contributed by atoms with Gasteiger partial charge in [-0.2, -0.15) is 0 Å². The molecule has 0 amide bonds. The molecule has 100 valence electrons. The molecule has 2 heteroatoms. The van der Waals surface area contributed by atoms with Crippen molar-refractivity contribution in [2.75, 3.05) is 0 Å². The Bertz CT molecular complexity index is 530. The molecule has 0 aromatic heterocycles. The molecule has 1 N–H and O–H groups in total. The van der Waals surface area contributed by atoms with Crippen molar-refractivity contribution in [1.82, 2.24) is 0 Å². The highest BCUT2D eigenvalue weighted by molar-refractivity contribution is 5.31. The maximum Gasteiger partial charge on any atom is 0.123 e. The molecule has 0 saturated carbocycles. The van der Waals surface area contributed by atoms with Gasteiger partial charge in [0.1, 0.15) is 5.82 Å². The minimum Gasteiger partial charge on any atom is -0.385 e. The molecule has 0 heterocycles. The van der Waals surface area contributed by atoms with Crippen LogP contribution in [0.4, 0.5) is 4.39 Å². The van der Waals surface area contributed by atoms with E-state index in [0.29, 0.717) is 18.4 Å². The summed E-state index contributed by atoms with van der Waals surface area (Å²) in [6, 6.07) is 14.6. The lowest BCUT2D eigenvalue weighted by molar-refractivity contribution is 0.0324. The summed E-state index contributed by atoms with van der Waals surface area (Å²) in [5.41, 5.74) is 1.51. The van der Waals surface area contributed by atoms with E-state index in [1.165, 1.54) is 12.1 Å². The summed E-state index contributed by atoms with van der Waals surface area (Å²) in [7, 11) is 0. The Hall–Kier alpha value is -1.67. The summed E-state index contributed by atoms with van der Waals surface area (Å²) in [5.74, 6) is -0.296. The van der Waals surface area contributed by atoms with E-state index in [1.807, 2.05) is 50.2 Å². The normalized spacial score (nSPS) is 14.1. The number of aliphatic hydroxyl groups is 1. The zero-order valence-corrected chi connectivity index (χ0v) is 11.4.